The van der Waals surface area contributed by atoms with Crippen molar-refractivity contribution in [2.45, 2.75) is 12.8 Å². The number of H-pyrrole nitrogens is 1. The van der Waals surface area contributed by atoms with E-state index in [1.165, 1.54) is 0 Å². The fraction of sp³-hybridized carbons (Fsp3) is 0.217. The molecule has 2 heterocycles. The van der Waals surface area contributed by atoms with E-state index in [1.807, 2.05) is 41.8 Å². The summed E-state index contributed by atoms with van der Waals surface area (Å²) >= 11 is 1.57. The van der Waals surface area contributed by atoms with Gasteiger partial charge in [-0.05, 0) is 42.0 Å². The number of methoxy groups -OCH3 is 1. The molecule has 160 valence electrons. The van der Waals surface area contributed by atoms with Crippen molar-refractivity contribution in [3.8, 4) is 27.8 Å². The second-order valence-corrected chi connectivity index (χ2v) is 7.74. The van der Waals surface area contributed by atoms with Crippen LogP contribution < -0.4 is 14.2 Å². The van der Waals surface area contributed by atoms with Crippen LogP contribution in [0.25, 0.3) is 21.5 Å². The Morgan fingerprint density at radius 2 is 2.00 bits per heavy atom. The van der Waals surface area contributed by atoms with Crippen LogP contribution in [0.1, 0.15) is 12.0 Å². The molecule has 0 aliphatic carbocycles. The van der Waals surface area contributed by atoms with Gasteiger partial charge < -0.3 is 24.3 Å². The highest BCUT2D eigenvalue weighted by Gasteiger charge is 2.10. The Bertz CT molecular complexity index is 1170. The summed E-state index contributed by atoms with van der Waals surface area (Å²) in [5.41, 5.74) is 2.62. The number of aromatic nitrogens is 2. The van der Waals surface area contributed by atoms with Crippen LogP contribution in [-0.2, 0) is 11.2 Å². The Labute approximate surface area is 183 Å². The predicted molar refractivity (Wildman–Crippen MR) is 119 cm³/mol. The molecule has 0 aliphatic rings. The number of nitrogens with zero attached hydrogens (tertiary/aromatic N) is 1. The molecule has 0 unspecified atom stereocenters. The van der Waals surface area contributed by atoms with Gasteiger partial charge >= 0.3 is 5.97 Å². The Balaban J connectivity index is 1.31. The summed E-state index contributed by atoms with van der Waals surface area (Å²) in [5, 5.41) is 12.8. The number of rotatable bonds is 10. The minimum Gasteiger partial charge on any atom is -0.493 e. The van der Waals surface area contributed by atoms with Crippen molar-refractivity contribution < 1.29 is 24.1 Å². The third-order valence-electron chi connectivity index (χ3n) is 4.74. The normalized spacial score (nSPS) is 10.9. The maximum atomic E-state index is 11.0. The number of aromatic amines is 1. The van der Waals surface area contributed by atoms with Crippen LogP contribution in [0.15, 0.2) is 54.2 Å². The summed E-state index contributed by atoms with van der Waals surface area (Å²) in [7, 11) is 1.62. The molecule has 0 saturated carbocycles. The Morgan fingerprint density at radius 3 is 2.77 bits per heavy atom. The molecule has 0 saturated heterocycles. The van der Waals surface area contributed by atoms with Crippen LogP contribution in [0.2, 0.25) is 0 Å². The van der Waals surface area contributed by atoms with E-state index in [9.17, 15) is 4.79 Å². The summed E-state index contributed by atoms with van der Waals surface area (Å²) in [6.07, 6.45) is 4.16. The highest BCUT2D eigenvalue weighted by atomic mass is 32.1. The predicted octanol–water partition coefficient (Wildman–Crippen LogP) is 4.78. The van der Waals surface area contributed by atoms with E-state index in [4.69, 9.17) is 19.3 Å². The molecule has 0 aliphatic heterocycles. The molecule has 4 rings (SSSR count). The molecule has 0 fully saturated rings. The Hall–Kier alpha value is -3.52. The number of carbonyl (C=O) groups is 1. The molecular weight excluding hydrogens is 416 g/mol. The number of carboxylic acid groups (broad SMARTS) is 1. The molecule has 2 N–H and O–H groups in total. The lowest BCUT2D eigenvalue weighted by Crippen LogP contribution is -2.06. The monoisotopic (exact) mass is 438 g/mol. The molecule has 31 heavy (non-hydrogen) atoms. The van der Waals surface area contributed by atoms with Gasteiger partial charge in [0.15, 0.2) is 11.5 Å². The van der Waals surface area contributed by atoms with Crippen molar-refractivity contribution >= 4 is 28.2 Å². The summed E-state index contributed by atoms with van der Waals surface area (Å²) in [6.45, 7) is 0.952. The number of fused-ring (bicyclic) bond motifs is 1. The van der Waals surface area contributed by atoms with Gasteiger partial charge in [-0.15, -0.1) is 11.3 Å². The van der Waals surface area contributed by atoms with Crippen molar-refractivity contribution in [3.63, 3.8) is 0 Å². The van der Waals surface area contributed by atoms with E-state index in [2.05, 4.69) is 9.97 Å². The zero-order chi connectivity index (χ0) is 21.6. The first-order valence-electron chi connectivity index (χ1n) is 9.79. The topological polar surface area (TPSA) is 93.7 Å². The fourth-order valence-corrected chi connectivity index (χ4v) is 3.91. The van der Waals surface area contributed by atoms with Crippen molar-refractivity contribution in [2.24, 2.45) is 0 Å². The van der Waals surface area contributed by atoms with Crippen LogP contribution in [0.4, 0.5) is 0 Å². The van der Waals surface area contributed by atoms with Crippen LogP contribution in [-0.4, -0.2) is 41.4 Å². The molecule has 2 aromatic carbocycles. The van der Waals surface area contributed by atoms with Gasteiger partial charge in [0.2, 0.25) is 0 Å². The standard InChI is InChI=1S/C23H22N2O5S/c1-28-21-11-15(23-24-7-10-31-23)3-6-20(21)30-9-2-8-29-17-4-5-19-18(13-17)16(14-25-19)12-22(26)27/h3-7,10-11,13-14,25H,2,8-9,12H2,1H3,(H,26,27). The van der Waals surface area contributed by atoms with Crippen LogP contribution in [0, 0.1) is 0 Å². The van der Waals surface area contributed by atoms with Crippen LogP contribution >= 0.6 is 11.3 Å². The van der Waals surface area contributed by atoms with Crippen molar-refractivity contribution in [3.05, 3.63) is 59.7 Å². The number of carboxylic acids is 1. The number of aliphatic carboxylic acids is 1. The van der Waals surface area contributed by atoms with E-state index in [0.717, 1.165) is 27.0 Å². The average Bonchev–Trinajstić information content (AvgIpc) is 3.44. The summed E-state index contributed by atoms with van der Waals surface area (Å²) in [5.74, 6) is 1.18. The average molecular weight is 439 g/mol. The van der Waals surface area contributed by atoms with Gasteiger partial charge in [0.1, 0.15) is 10.8 Å². The molecular formula is C23H22N2O5S. The number of benzene rings is 2. The molecule has 0 bridgehead atoms. The van der Waals surface area contributed by atoms with Gasteiger partial charge in [0.05, 0.1) is 26.7 Å². The first-order valence-corrected chi connectivity index (χ1v) is 10.7. The maximum Gasteiger partial charge on any atom is 0.307 e. The van der Waals surface area contributed by atoms with E-state index in [1.54, 1.807) is 30.8 Å². The molecule has 7 nitrogen and oxygen atoms in total. The quantitative estimate of drug-likeness (QED) is 0.346. The molecule has 0 radical (unpaired) electrons. The van der Waals surface area contributed by atoms with Gasteiger partial charge in [-0.25, -0.2) is 4.98 Å². The minimum absolute atomic E-state index is 0.0273. The SMILES string of the molecule is COc1cc(-c2nccs2)ccc1OCCCOc1ccc2[nH]cc(CC(=O)O)c2c1. The first-order chi connectivity index (χ1) is 15.1. The van der Waals surface area contributed by atoms with Gasteiger partial charge in [-0.3, -0.25) is 4.79 Å². The first kappa shape index (κ1) is 20.7. The third-order valence-corrected chi connectivity index (χ3v) is 5.56. The molecule has 0 atom stereocenters. The molecule has 4 aromatic rings. The van der Waals surface area contributed by atoms with E-state index in [-0.39, 0.29) is 6.42 Å². The number of nitrogens with one attached hydrogen (secondary N) is 1. The van der Waals surface area contributed by atoms with Crippen molar-refractivity contribution in [1.29, 1.82) is 0 Å². The zero-order valence-corrected chi connectivity index (χ0v) is 17.8. The lowest BCUT2D eigenvalue weighted by Gasteiger charge is -2.12. The lowest BCUT2D eigenvalue weighted by atomic mass is 10.1. The van der Waals surface area contributed by atoms with Crippen LogP contribution in [0.5, 0.6) is 17.2 Å². The van der Waals surface area contributed by atoms with Crippen molar-refractivity contribution in [1.82, 2.24) is 9.97 Å². The zero-order valence-electron chi connectivity index (χ0n) is 17.0. The van der Waals surface area contributed by atoms with Gasteiger partial charge in [0, 0.05) is 40.7 Å². The van der Waals surface area contributed by atoms with E-state index in [0.29, 0.717) is 36.9 Å². The number of hydrogen-bond donors (Lipinski definition) is 2. The largest absolute Gasteiger partial charge is 0.493 e. The molecule has 2 aromatic heterocycles. The minimum atomic E-state index is -0.862. The van der Waals surface area contributed by atoms with Gasteiger partial charge in [0.25, 0.3) is 0 Å². The fourth-order valence-electron chi connectivity index (χ4n) is 3.27. The van der Waals surface area contributed by atoms with E-state index >= 15 is 0 Å². The summed E-state index contributed by atoms with van der Waals surface area (Å²) in [6, 6.07) is 11.4. The van der Waals surface area contributed by atoms with Crippen molar-refractivity contribution in [2.75, 3.05) is 20.3 Å². The van der Waals surface area contributed by atoms with E-state index < -0.39 is 5.97 Å². The highest BCUT2D eigenvalue weighted by Crippen LogP contribution is 2.33. The highest BCUT2D eigenvalue weighted by molar-refractivity contribution is 7.13. The lowest BCUT2D eigenvalue weighted by molar-refractivity contribution is -0.136. The van der Waals surface area contributed by atoms with Gasteiger partial charge in [-0.1, -0.05) is 0 Å². The molecule has 0 spiro atoms. The number of ether oxygens (including phenoxy) is 3. The second-order valence-electron chi connectivity index (χ2n) is 6.85. The Morgan fingerprint density at radius 1 is 1.13 bits per heavy atom. The number of hydrogen-bond acceptors (Lipinski definition) is 6. The Kier molecular flexibility index (Phi) is 6.37. The van der Waals surface area contributed by atoms with Crippen LogP contribution in [0.3, 0.4) is 0 Å². The summed E-state index contributed by atoms with van der Waals surface area (Å²) in [4.78, 5) is 18.4. The second kappa shape index (κ2) is 9.53. The maximum absolute atomic E-state index is 11.0. The molecule has 0 amide bonds. The smallest absolute Gasteiger partial charge is 0.307 e. The third kappa shape index (κ3) is 4.97. The summed E-state index contributed by atoms with van der Waals surface area (Å²) < 4.78 is 17.2. The molecule has 8 heteroatoms. The number of thiazole rings is 1. The van der Waals surface area contributed by atoms with Gasteiger partial charge in [-0.2, -0.15) is 0 Å².